The number of nitriles is 1. The monoisotopic (exact) mass is 330 g/mol. The molecule has 2 heterocycles. The van der Waals surface area contributed by atoms with E-state index < -0.39 is 0 Å². The Morgan fingerprint density at radius 1 is 1.48 bits per heavy atom. The number of halogens is 1. The molecular weight excluding hydrogens is 316 g/mol. The van der Waals surface area contributed by atoms with Crippen LogP contribution in [0.15, 0.2) is 34.9 Å². The Kier molecular flexibility index (Phi) is 4.49. The smallest absolute Gasteiger partial charge is 0.231 e. The second kappa shape index (κ2) is 6.71. The van der Waals surface area contributed by atoms with Crippen molar-refractivity contribution in [3.05, 3.63) is 35.4 Å². The zero-order valence-corrected chi connectivity index (χ0v) is 13.1. The average molecular weight is 331 g/mol. The predicted octanol–water partition coefficient (Wildman–Crippen LogP) is 3.13. The van der Waals surface area contributed by atoms with E-state index in [1.165, 1.54) is 0 Å². The van der Waals surface area contributed by atoms with Crippen molar-refractivity contribution < 1.29 is 9.32 Å². The predicted molar refractivity (Wildman–Crippen MR) is 85.5 cm³/mol. The van der Waals surface area contributed by atoms with Gasteiger partial charge >= 0.3 is 0 Å². The van der Waals surface area contributed by atoms with Gasteiger partial charge in [-0.1, -0.05) is 28.9 Å². The maximum atomic E-state index is 12.0. The number of carbonyl (C=O) groups excluding carboxylic acids is 1. The molecule has 1 aromatic carbocycles. The minimum absolute atomic E-state index is 0.131. The van der Waals surface area contributed by atoms with Gasteiger partial charge < -0.3 is 9.42 Å². The number of amides is 1. The quantitative estimate of drug-likeness (QED) is 0.871. The van der Waals surface area contributed by atoms with Gasteiger partial charge in [0.2, 0.25) is 11.8 Å². The third-order valence-corrected chi connectivity index (χ3v) is 4.07. The molecule has 0 aliphatic carbocycles. The molecule has 0 bridgehead atoms. The zero-order valence-electron chi connectivity index (χ0n) is 12.3. The standard InChI is InChI=1S/C16H15ClN4O2/c17-13-3-1-12(2-4-13)14-8-16(23-20-14)19-15(22)7-11-5-6-21(9-11)10-18/h1-4,8,11H,5-7,9H2,(H,19,22). The van der Waals surface area contributed by atoms with Gasteiger partial charge in [-0.05, 0) is 24.5 Å². The lowest BCUT2D eigenvalue weighted by Crippen LogP contribution is -2.19. The third-order valence-electron chi connectivity index (χ3n) is 3.81. The molecule has 1 fully saturated rings. The topological polar surface area (TPSA) is 82.2 Å². The molecule has 3 rings (SSSR count). The Morgan fingerprint density at radius 3 is 2.96 bits per heavy atom. The summed E-state index contributed by atoms with van der Waals surface area (Å²) in [6, 6.07) is 8.88. The number of likely N-dealkylation sites (tertiary alicyclic amines) is 1. The molecule has 118 valence electrons. The Bertz CT molecular complexity index is 735. The summed E-state index contributed by atoms with van der Waals surface area (Å²) >= 11 is 5.85. The summed E-state index contributed by atoms with van der Waals surface area (Å²) in [5.74, 6) is 0.386. The van der Waals surface area contributed by atoms with E-state index >= 15 is 0 Å². The van der Waals surface area contributed by atoms with E-state index in [0.29, 0.717) is 29.6 Å². The van der Waals surface area contributed by atoms with E-state index in [-0.39, 0.29) is 11.8 Å². The number of aromatic nitrogens is 1. The first-order valence-electron chi connectivity index (χ1n) is 7.31. The lowest BCUT2D eigenvalue weighted by molar-refractivity contribution is -0.117. The van der Waals surface area contributed by atoms with E-state index in [4.69, 9.17) is 21.4 Å². The van der Waals surface area contributed by atoms with Crippen LogP contribution in [0.4, 0.5) is 5.88 Å². The molecule has 7 heteroatoms. The summed E-state index contributed by atoms with van der Waals surface area (Å²) < 4.78 is 5.15. The number of hydrogen-bond acceptors (Lipinski definition) is 5. The Balaban J connectivity index is 1.57. The summed E-state index contributed by atoms with van der Waals surface area (Å²) in [5.41, 5.74) is 1.49. The number of rotatable bonds is 4. The first-order valence-corrected chi connectivity index (χ1v) is 7.69. The largest absolute Gasteiger partial charge is 0.338 e. The Hall–Kier alpha value is -2.52. The molecule has 1 atom stereocenters. The first-order chi connectivity index (χ1) is 11.1. The van der Waals surface area contributed by atoms with Crippen LogP contribution in [0.1, 0.15) is 12.8 Å². The average Bonchev–Trinajstić information content (AvgIpc) is 3.17. The highest BCUT2D eigenvalue weighted by Crippen LogP contribution is 2.24. The van der Waals surface area contributed by atoms with E-state index in [1.54, 1.807) is 23.1 Å². The number of nitrogens with zero attached hydrogens (tertiary/aromatic N) is 3. The molecule has 1 unspecified atom stereocenters. The lowest BCUT2D eigenvalue weighted by Gasteiger charge is -2.08. The van der Waals surface area contributed by atoms with Crippen LogP contribution in [-0.2, 0) is 4.79 Å². The minimum Gasteiger partial charge on any atom is -0.338 e. The lowest BCUT2D eigenvalue weighted by atomic mass is 10.0. The zero-order chi connectivity index (χ0) is 16.2. The molecule has 1 amide bonds. The molecule has 0 radical (unpaired) electrons. The molecule has 1 aliphatic rings. The van der Waals surface area contributed by atoms with Crippen molar-refractivity contribution in [3.8, 4) is 17.5 Å². The summed E-state index contributed by atoms with van der Waals surface area (Å²) in [5, 5.41) is 16.1. The fraction of sp³-hybridized carbons (Fsp3) is 0.312. The third kappa shape index (κ3) is 3.82. The molecule has 1 aromatic heterocycles. The van der Waals surface area contributed by atoms with Gasteiger partial charge in [-0.2, -0.15) is 5.26 Å². The number of benzene rings is 1. The van der Waals surface area contributed by atoms with E-state index in [9.17, 15) is 4.79 Å². The minimum atomic E-state index is -0.131. The normalized spacial score (nSPS) is 17.0. The van der Waals surface area contributed by atoms with Gasteiger partial charge in [0.05, 0.1) is 0 Å². The van der Waals surface area contributed by atoms with Crippen LogP contribution in [0.5, 0.6) is 0 Å². The van der Waals surface area contributed by atoms with Crippen molar-refractivity contribution in [2.75, 3.05) is 18.4 Å². The number of nitrogens with one attached hydrogen (secondary N) is 1. The van der Waals surface area contributed by atoms with Gasteiger partial charge in [0.1, 0.15) is 5.69 Å². The van der Waals surface area contributed by atoms with Crippen LogP contribution >= 0.6 is 11.6 Å². The maximum absolute atomic E-state index is 12.0. The number of carbonyl (C=O) groups is 1. The van der Waals surface area contributed by atoms with Gasteiger partial charge in [0, 0.05) is 36.2 Å². The fourth-order valence-corrected chi connectivity index (χ4v) is 2.76. The molecule has 0 spiro atoms. The molecule has 1 aliphatic heterocycles. The van der Waals surface area contributed by atoms with Gasteiger partial charge in [-0.15, -0.1) is 0 Å². The molecule has 23 heavy (non-hydrogen) atoms. The van der Waals surface area contributed by atoms with Gasteiger partial charge in [-0.25, -0.2) is 0 Å². The summed E-state index contributed by atoms with van der Waals surface area (Å²) in [6.07, 6.45) is 3.33. The SMILES string of the molecule is N#CN1CCC(CC(=O)Nc2cc(-c3ccc(Cl)cc3)no2)C1. The van der Waals surface area contributed by atoms with E-state index in [1.807, 2.05) is 12.1 Å². The first kappa shape index (κ1) is 15.4. The van der Waals surface area contributed by atoms with Gasteiger partial charge in [0.25, 0.3) is 0 Å². The van der Waals surface area contributed by atoms with Crippen molar-refractivity contribution in [1.29, 1.82) is 5.26 Å². The van der Waals surface area contributed by atoms with Crippen molar-refractivity contribution in [3.63, 3.8) is 0 Å². The van der Waals surface area contributed by atoms with Crippen molar-refractivity contribution >= 4 is 23.4 Å². The van der Waals surface area contributed by atoms with E-state index in [2.05, 4.69) is 16.7 Å². The second-order valence-electron chi connectivity index (χ2n) is 5.54. The van der Waals surface area contributed by atoms with Crippen LogP contribution in [0.25, 0.3) is 11.3 Å². The molecule has 0 saturated carbocycles. The second-order valence-corrected chi connectivity index (χ2v) is 5.97. The van der Waals surface area contributed by atoms with Crippen LogP contribution in [0.2, 0.25) is 5.02 Å². The highest BCUT2D eigenvalue weighted by molar-refractivity contribution is 6.30. The maximum Gasteiger partial charge on any atom is 0.231 e. The molecule has 6 nitrogen and oxygen atoms in total. The Morgan fingerprint density at radius 2 is 2.26 bits per heavy atom. The number of anilines is 1. The Labute approximate surface area is 138 Å². The molecular formula is C16H15ClN4O2. The van der Waals surface area contributed by atoms with Gasteiger partial charge in [0.15, 0.2) is 6.19 Å². The summed E-state index contributed by atoms with van der Waals surface area (Å²) in [7, 11) is 0. The van der Waals surface area contributed by atoms with Crippen LogP contribution in [-0.4, -0.2) is 29.1 Å². The van der Waals surface area contributed by atoms with Crippen molar-refractivity contribution in [1.82, 2.24) is 10.1 Å². The van der Waals surface area contributed by atoms with Crippen LogP contribution < -0.4 is 5.32 Å². The van der Waals surface area contributed by atoms with Gasteiger partial charge in [-0.3, -0.25) is 10.1 Å². The van der Waals surface area contributed by atoms with Crippen LogP contribution in [0, 0.1) is 17.4 Å². The summed E-state index contributed by atoms with van der Waals surface area (Å²) in [6.45, 7) is 1.35. The van der Waals surface area contributed by atoms with Crippen LogP contribution in [0.3, 0.4) is 0 Å². The van der Waals surface area contributed by atoms with Crippen molar-refractivity contribution in [2.24, 2.45) is 5.92 Å². The highest BCUT2D eigenvalue weighted by atomic mass is 35.5. The summed E-state index contributed by atoms with van der Waals surface area (Å²) in [4.78, 5) is 13.7. The van der Waals surface area contributed by atoms with E-state index in [0.717, 1.165) is 18.5 Å². The molecule has 1 N–H and O–H groups in total. The highest BCUT2D eigenvalue weighted by Gasteiger charge is 2.24. The van der Waals surface area contributed by atoms with Crippen molar-refractivity contribution in [2.45, 2.75) is 12.8 Å². The number of hydrogen-bond donors (Lipinski definition) is 1. The molecule has 1 saturated heterocycles. The fourth-order valence-electron chi connectivity index (χ4n) is 2.63. The molecule has 2 aromatic rings.